The molecule has 0 radical (unpaired) electrons. The quantitative estimate of drug-likeness (QED) is 0.186. The average molecular weight is 402 g/mol. The maximum atomic E-state index is 9.05. The Hall–Kier alpha value is 0.267. The highest BCUT2D eigenvalue weighted by Gasteiger charge is 2.42. The molecule has 0 atom stereocenters. The summed E-state index contributed by atoms with van der Waals surface area (Å²) in [5.74, 6) is 0. The summed E-state index contributed by atoms with van der Waals surface area (Å²) in [4.78, 5) is 0. The Bertz CT molecular complexity index is 273. The summed E-state index contributed by atoms with van der Waals surface area (Å²) in [6.07, 6.45) is 3.66. The van der Waals surface area contributed by atoms with Crippen molar-refractivity contribution in [3.05, 3.63) is 0 Å². The van der Waals surface area contributed by atoms with Gasteiger partial charge < -0.3 is 40.4 Å². The van der Waals surface area contributed by atoms with Crippen molar-refractivity contribution in [3.8, 4) is 0 Å². The Labute approximate surface area is 161 Å². The van der Waals surface area contributed by atoms with Crippen molar-refractivity contribution in [2.45, 2.75) is 52.5 Å². The molecule has 0 unspecified atom stereocenters. The van der Waals surface area contributed by atoms with Crippen molar-refractivity contribution in [3.63, 3.8) is 0 Å². The second-order valence-electron chi connectivity index (χ2n) is 6.38. The third kappa shape index (κ3) is 12.3. The number of nitrogens with zero attached hydrogens (tertiary/aromatic N) is 1. The number of quaternary nitrogens is 1. The number of rotatable bonds is 17. The van der Waals surface area contributed by atoms with Crippen LogP contribution >= 0.6 is 0 Å². The van der Waals surface area contributed by atoms with Crippen molar-refractivity contribution in [1.29, 1.82) is 0 Å². The minimum Gasteiger partial charge on any atom is -1.00 e. The standard InChI is InChI=1S/C17H40NO5Si.ClH/c1-5-21-24(22-6-2,23-7-3)17-14-18(4,12-8-10-15-19)13-9-11-16-20;/h19-20H,5-17H2,1-4H3;1H/q+1;/p-1. The van der Waals surface area contributed by atoms with Gasteiger partial charge in [0.15, 0.2) is 0 Å². The molecule has 0 saturated carbocycles. The molecule has 25 heavy (non-hydrogen) atoms. The molecule has 2 N–H and O–H groups in total. The van der Waals surface area contributed by atoms with Crippen LogP contribution < -0.4 is 12.4 Å². The van der Waals surface area contributed by atoms with Gasteiger partial charge in [-0.15, -0.1) is 0 Å². The molecular weight excluding hydrogens is 362 g/mol. The molecule has 0 heterocycles. The van der Waals surface area contributed by atoms with Crippen LogP contribution in [0.25, 0.3) is 0 Å². The summed E-state index contributed by atoms with van der Waals surface area (Å²) in [7, 11) is -0.367. The predicted octanol–water partition coefficient (Wildman–Crippen LogP) is -0.970. The average Bonchev–Trinajstić information content (AvgIpc) is 2.55. The molecule has 0 amide bonds. The second-order valence-corrected chi connectivity index (χ2v) is 9.12. The van der Waals surface area contributed by atoms with E-state index in [0.29, 0.717) is 19.8 Å². The third-order valence-corrected chi connectivity index (χ3v) is 7.28. The van der Waals surface area contributed by atoms with E-state index in [2.05, 4.69) is 7.05 Å². The molecule has 0 aromatic rings. The Balaban J connectivity index is 0. The smallest absolute Gasteiger partial charge is 0.506 e. The molecule has 0 fully saturated rings. The van der Waals surface area contributed by atoms with Gasteiger partial charge in [0.2, 0.25) is 0 Å². The van der Waals surface area contributed by atoms with E-state index < -0.39 is 8.80 Å². The first kappa shape index (κ1) is 27.5. The summed E-state index contributed by atoms with van der Waals surface area (Å²) in [5.41, 5.74) is 0. The van der Waals surface area contributed by atoms with E-state index in [9.17, 15) is 0 Å². The van der Waals surface area contributed by atoms with Crippen molar-refractivity contribution in [2.24, 2.45) is 0 Å². The van der Waals surface area contributed by atoms with Gasteiger partial charge in [0.1, 0.15) is 0 Å². The van der Waals surface area contributed by atoms with E-state index in [-0.39, 0.29) is 25.6 Å². The Morgan fingerprint density at radius 3 is 1.44 bits per heavy atom. The molecule has 0 saturated heterocycles. The topological polar surface area (TPSA) is 68.2 Å². The fourth-order valence-corrected chi connectivity index (χ4v) is 5.77. The third-order valence-electron chi connectivity index (χ3n) is 4.26. The maximum Gasteiger partial charge on any atom is 0.506 e. The van der Waals surface area contributed by atoms with E-state index in [0.717, 1.165) is 55.8 Å². The van der Waals surface area contributed by atoms with E-state index >= 15 is 0 Å². The van der Waals surface area contributed by atoms with Gasteiger partial charge in [0, 0.05) is 33.0 Å². The van der Waals surface area contributed by atoms with Crippen LogP contribution in [-0.4, -0.2) is 83.2 Å². The van der Waals surface area contributed by atoms with Crippen molar-refractivity contribution < 1.29 is 40.4 Å². The number of aliphatic hydroxyl groups excluding tert-OH is 2. The van der Waals surface area contributed by atoms with Crippen LogP contribution in [-0.2, 0) is 13.3 Å². The van der Waals surface area contributed by atoms with Crippen LogP contribution in [0.2, 0.25) is 6.04 Å². The fourth-order valence-electron chi connectivity index (χ4n) is 2.95. The monoisotopic (exact) mass is 401 g/mol. The molecular formula is C17H40ClNO5Si. The number of halogens is 1. The number of hydrogen-bond donors (Lipinski definition) is 2. The summed E-state index contributed by atoms with van der Waals surface area (Å²) in [6, 6.07) is 0.803. The molecule has 0 rings (SSSR count). The fraction of sp³-hybridized carbons (Fsp3) is 1.00. The zero-order valence-electron chi connectivity index (χ0n) is 16.6. The van der Waals surface area contributed by atoms with Gasteiger partial charge in [-0.2, -0.15) is 0 Å². The van der Waals surface area contributed by atoms with Gasteiger partial charge in [-0.25, -0.2) is 0 Å². The van der Waals surface area contributed by atoms with Gasteiger partial charge in [0.25, 0.3) is 0 Å². The van der Waals surface area contributed by atoms with Crippen molar-refractivity contribution in [1.82, 2.24) is 0 Å². The van der Waals surface area contributed by atoms with E-state index in [4.69, 9.17) is 23.5 Å². The van der Waals surface area contributed by atoms with Gasteiger partial charge in [-0.05, 0) is 46.5 Å². The van der Waals surface area contributed by atoms with E-state index in [1.165, 1.54) is 0 Å². The summed E-state index contributed by atoms with van der Waals surface area (Å²) in [5, 5.41) is 18.1. The Kier molecular flexibility index (Phi) is 18.1. The lowest BCUT2D eigenvalue weighted by Gasteiger charge is -2.37. The van der Waals surface area contributed by atoms with Crippen LogP contribution in [0.3, 0.4) is 0 Å². The van der Waals surface area contributed by atoms with Gasteiger partial charge in [-0.1, -0.05) is 0 Å². The number of aliphatic hydroxyl groups is 2. The lowest BCUT2D eigenvalue weighted by atomic mass is 10.2. The summed E-state index contributed by atoms with van der Waals surface area (Å²) >= 11 is 0. The molecule has 0 spiro atoms. The van der Waals surface area contributed by atoms with Crippen molar-refractivity contribution >= 4 is 8.80 Å². The minimum absolute atomic E-state index is 0. The Morgan fingerprint density at radius 2 is 1.12 bits per heavy atom. The van der Waals surface area contributed by atoms with Crippen LogP contribution in [0, 0.1) is 0 Å². The van der Waals surface area contributed by atoms with E-state index in [1.54, 1.807) is 0 Å². The molecule has 0 aromatic heterocycles. The largest absolute Gasteiger partial charge is 1.00 e. The lowest BCUT2D eigenvalue weighted by Crippen LogP contribution is -3.00. The molecule has 6 nitrogen and oxygen atoms in total. The lowest BCUT2D eigenvalue weighted by molar-refractivity contribution is -0.908. The first-order valence-corrected chi connectivity index (χ1v) is 11.4. The zero-order valence-corrected chi connectivity index (χ0v) is 18.4. The first-order chi connectivity index (χ1) is 11.5. The first-order valence-electron chi connectivity index (χ1n) is 9.48. The summed E-state index contributed by atoms with van der Waals surface area (Å²) in [6.45, 7) is 11.2. The molecule has 154 valence electrons. The molecule has 0 bridgehead atoms. The molecule has 0 aromatic carbocycles. The highest BCUT2D eigenvalue weighted by atomic mass is 35.5. The van der Waals surface area contributed by atoms with Crippen LogP contribution in [0.1, 0.15) is 46.5 Å². The van der Waals surface area contributed by atoms with Gasteiger partial charge in [0.05, 0.1) is 32.7 Å². The highest BCUT2D eigenvalue weighted by Crippen LogP contribution is 2.20. The van der Waals surface area contributed by atoms with Crippen LogP contribution in [0.4, 0.5) is 0 Å². The normalized spacial score (nSPS) is 12.2. The number of unbranched alkanes of at least 4 members (excludes halogenated alkanes) is 2. The molecule has 0 aliphatic rings. The number of hydrogen-bond acceptors (Lipinski definition) is 5. The Morgan fingerprint density at radius 1 is 0.720 bits per heavy atom. The van der Waals surface area contributed by atoms with Crippen LogP contribution in [0.15, 0.2) is 0 Å². The highest BCUT2D eigenvalue weighted by molar-refractivity contribution is 6.60. The molecule has 0 aliphatic carbocycles. The van der Waals surface area contributed by atoms with Crippen LogP contribution in [0.5, 0.6) is 0 Å². The zero-order chi connectivity index (χ0) is 18.3. The maximum absolute atomic E-state index is 9.05. The minimum atomic E-state index is -2.61. The van der Waals surface area contributed by atoms with Gasteiger partial charge in [-0.3, -0.25) is 0 Å². The second kappa shape index (κ2) is 16.4. The predicted molar refractivity (Wildman–Crippen MR) is 98.9 cm³/mol. The molecule has 0 aliphatic heterocycles. The summed E-state index contributed by atoms with van der Waals surface area (Å²) < 4.78 is 18.8. The van der Waals surface area contributed by atoms with E-state index in [1.807, 2.05) is 20.8 Å². The molecule has 8 heteroatoms. The van der Waals surface area contributed by atoms with Crippen molar-refractivity contribution in [2.75, 3.05) is 59.7 Å². The SMILES string of the molecule is CCO[Si](CC[N+](C)(CCCCO)CCCCO)(OCC)OCC.[Cl-]. The van der Waals surface area contributed by atoms with Gasteiger partial charge >= 0.3 is 8.80 Å².